The highest BCUT2D eigenvalue weighted by Crippen LogP contribution is 2.30. The van der Waals surface area contributed by atoms with Crippen LogP contribution in [-0.2, 0) is 4.79 Å². The number of carbonyl (C=O) groups excluding carboxylic acids is 1. The zero-order valence-corrected chi connectivity index (χ0v) is 13.7. The van der Waals surface area contributed by atoms with Crippen LogP contribution >= 0.6 is 11.8 Å². The zero-order chi connectivity index (χ0) is 15.2. The topological polar surface area (TPSA) is 55.1 Å². The van der Waals surface area contributed by atoms with Crippen LogP contribution in [0.15, 0.2) is 30.3 Å². The molecule has 1 aromatic carbocycles. The van der Waals surface area contributed by atoms with Gasteiger partial charge >= 0.3 is 0 Å². The number of amides is 1. The Morgan fingerprint density at radius 1 is 1.38 bits per heavy atom. The molecular formula is C17H26N2OS. The van der Waals surface area contributed by atoms with Gasteiger partial charge in [0, 0.05) is 17.3 Å². The second-order valence-corrected chi connectivity index (χ2v) is 7.40. The van der Waals surface area contributed by atoms with E-state index in [1.165, 1.54) is 6.42 Å². The van der Waals surface area contributed by atoms with E-state index < -0.39 is 0 Å². The molecule has 1 fully saturated rings. The summed E-state index contributed by atoms with van der Waals surface area (Å²) < 4.78 is 0. The summed E-state index contributed by atoms with van der Waals surface area (Å²) in [5, 5.41) is 3.89. The lowest BCUT2D eigenvalue weighted by atomic mass is 9.94. The third-order valence-electron chi connectivity index (χ3n) is 4.27. The normalized spacial score (nSPS) is 24.5. The van der Waals surface area contributed by atoms with Gasteiger partial charge in [-0.15, -0.1) is 0 Å². The van der Waals surface area contributed by atoms with E-state index in [9.17, 15) is 4.79 Å². The first-order valence-electron chi connectivity index (χ1n) is 7.84. The maximum atomic E-state index is 12.4. The smallest absolute Gasteiger partial charge is 0.224 e. The van der Waals surface area contributed by atoms with E-state index in [0.717, 1.165) is 24.2 Å². The van der Waals surface area contributed by atoms with E-state index in [4.69, 9.17) is 5.73 Å². The Labute approximate surface area is 132 Å². The monoisotopic (exact) mass is 306 g/mol. The number of hydrogen-bond acceptors (Lipinski definition) is 3. The van der Waals surface area contributed by atoms with E-state index in [-0.39, 0.29) is 17.9 Å². The fourth-order valence-electron chi connectivity index (χ4n) is 2.92. The van der Waals surface area contributed by atoms with E-state index >= 15 is 0 Å². The summed E-state index contributed by atoms with van der Waals surface area (Å²) in [5.74, 6) is 1.03. The summed E-state index contributed by atoms with van der Waals surface area (Å²) in [6.07, 6.45) is 3.40. The first-order valence-corrected chi connectivity index (χ1v) is 8.89. The van der Waals surface area contributed by atoms with Gasteiger partial charge in [-0.05, 0) is 30.6 Å². The second kappa shape index (κ2) is 7.85. The maximum absolute atomic E-state index is 12.4. The Hall–Kier alpha value is -1.00. The Morgan fingerprint density at radius 2 is 2.10 bits per heavy atom. The van der Waals surface area contributed by atoms with Crippen LogP contribution in [0.2, 0.25) is 0 Å². The molecule has 0 saturated heterocycles. The van der Waals surface area contributed by atoms with Gasteiger partial charge < -0.3 is 11.1 Å². The zero-order valence-electron chi connectivity index (χ0n) is 12.9. The van der Waals surface area contributed by atoms with Gasteiger partial charge in [-0.2, -0.15) is 11.8 Å². The Balaban J connectivity index is 1.86. The molecule has 4 heteroatoms. The molecule has 1 aliphatic rings. The van der Waals surface area contributed by atoms with Crippen molar-refractivity contribution in [2.24, 2.45) is 11.7 Å². The van der Waals surface area contributed by atoms with Crippen LogP contribution in [0.25, 0.3) is 0 Å². The molecule has 0 spiro atoms. The maximum Gasteiger partial charge on any atom is 0.224 e. The first-order chi connectivity index (χ1) is 10.1. The van der Waals surface area contributed by atoms with E-state index in [1.807, 2.05) is 49.0 Å². The molecule has 21 heavy (non-hydrogen) atoms. The molecule has 0 heterocycles. The minimum atomic E-state index is -0.242. The third kappa shape index (κ3) is 4.48. The quantitative estimate of drug-likeness (QED) is 0.849. The molecule has 0 aliphatic heterocycles. The van der Waals surface area contributed by atoms with Crippen LogP contribution in [-0.4, -0.2) is 23.0 Å². The molecule has 1 aliphatic carbocycles. The Morgan fingerprint density at radius 3 is 2.76 bits per heavy atom. The third-order valence-corrected chi connectivity index (χ3v) is 5.50. The van der Waals surface area contributed by atoms with Crippen molar-refractivity contribution in [2.45, 2.75) is 50.4 Å². The minimum Gasteiger partial charge on any atom is -0.353 e. The molecule has 4 atom stereocenters. The summed E-state index contributed by atoms with van der Waals surface area (Å²) in [4.78, 5) is 12.4. The predicted octanol–water partition coefficient (Wildman–Crippen LogP) is 3.11. The summed E-state index contributed by atoms with van der Waals surface area (Å²) in [7, 11) is 0. The van der Waals surface area contributed by atoms with Gasteiger partial charge in [-0.1, -0.05) is 44.2 Å². The summed E-state index contributed by atoms with van der Waals surface area (Å²) in [6, 6.07) is 9.94. The van der Waals surface area contributed by atoms with Crippen molar-refractivity contribution in [1.29, 1.82) is 0 Å². The number of hydrogen-bond donors (Lipinski definition) is 2. The van der Waals surface area contributed by atoms with Crippen LogP contribution < -0.4 is 11.1 Å². The SMILES string of the molecule is CCSC1CCC(NC(=O)C(C)C(N)c2ccccc2)C1. The highest BCUT2D eigenvalue weighted by Gasteiger charge is 2.29. The molecule has 1 aromatic rings. The second-order valence-electron chi connectivity index (χ2n) is 5.82. The van der Waals surface area contributed by atoms with E-state index in [0.29, 0.717) is 11.3 Å². The van der Waals surface area contributed by atoms with Gasteiger partial charge in [-0.25, -0.2) is 0 Å². The molecule has 0 radical (unpaired) electrons. The van der Waals surface area contributed by atoms with Gasteiger partial charge in [0.2, 0.25) is 5.91 Å². The molecule has 3 N–H and O–H groups in total. The van der Waals surface area contributed by atoms with E-state index in [1.54, 1.807) is 0 Å². The highest BCUT2D eigenvalue weighted by molar-refractivity contribution is 7.99. The summed E-state index contributed by atoms with van der Waals surface area (Å²) >= 11 is 2.01. The largest absolute Gasteiger partial charge is 0.353 e. The fraction of sp³-hybridized carbons (Fsp3) is 0.588. The Bertz CT molecular complexity index is 451. The lowest BCUT2D eigenvalue weighted by Crippen LogP contribution is -2.40. The highest BCUT2D eigenvalue weighted by atomic mass is 32.2. The van der Waals surface area contributed by atoms with Crippen LogP contribution in [0.4, 0.5) is 0 Å². The number of rotatable bonds is 6. The number of nitrogens with two attached hydrogens (primary N) is 1. The molecule has 0 bridgehead atoms. The average molecular weight is 306 g/mol. The number of benzene rings is 1. The average Bonchev–Trinajstić information content (AvgIpc) is 2.94. The Kier molecular flexibility index (Phi) is 6.12. The van der Waals surface area contributed by atoms with Crippen molar-refractivity contribution < 1.29 is 4.79 Å². The lowest BCUT2D eigenvalue weighted by molar-refractivity contribution is -0.125. The van der Waals surface area contributed by atoms with Gasteiger partial charge in [0.05, 0.1) is 5.92 Å². The first kappa shape index (κ1) is 16.4. The summed E-state index contributed by atoms with van der Waals surface area (Å²) in [6.45, 7) is 4.11. The minimum absolute atomic E-state index is 0.0819. The van der Waals surface area contributed by atoms with Crippen LogP contribution in [0.3, 0.4) is 0 Å². The molecule has 4 unspecified atom stereocenters. The predicted molar refractivity (Wildman–Crippen MR) is 90.2 cm³/mol. The standard InChI is InChI=1S/C17H26N2OS/c1-3-21-15-10-9-14(11-15)19-17(20)12(2)16(18)13-7-5-4-6-8-13/h4-8,12,14-16H,3,9-11,18H2,1-2H3,(H,19,20). The van der Waals surface area contributed by atoms with Crippen molar-refractivity contribution in [3.8, 4) is 0 Å². The molecule has 3 nitrogen and oxygen atoms in total. The molecule has 2 rings (SSSR count). The van der Waals surface area contributed by atoms with Crippen molar-refractivity contribution >= 4 is 17.7 Å². The molecule has 1 amide bonds. The lowest BCUT2D eigenvalue weighted by Gasteiger charge is -2.22. The van der Waals surface area contributed by atoms with Crippen molar-refractivity contribution in [2.75, 3.05) is 5.75 Å². The number of thioether (sulfide) groups is 1. The molecule has 1 saturated carbocycles. The van der Waals surface area contributed by atoms with Crippen molar-refractivity contribution in [1.82, 2.24) is 5.32 Å². The van der Waals surface area contributed by atoms with Gasteiger partial charge in [0.1, 0.15) is 0 Å². The molecule has 116 valence electrons. The van der Waals surface area contributed by atoms with Gasteiger partial charge in [-0.3, -0.25) is 4.79 Å². The number of nitrogens with one attached hydrogen (secondary N) is 1. The van der Waals surface area contributed by atoms with Gasteiger partial charge in [0.15, 0.2) is 0 Å². The fourth-order valence-corrected chi connectivity index (χ4v) is 4.06. The molecule has 0 aromatic heterocycles. The summed E-state index contributed by atoms with van der Waals surface area (Å²) in [5.41, 5.74) is 7.24. The van der Waals surface area contributed by atoms with E-state index in [2.05, 4.69) is 12.2 Å². The van der Waals surface area contributed by atoms with Crippen LogP contribution in [0.5, 0.6) is 0 Å². The van der Waals surface area contributed by atoms with Gasteiger partial charge in [0.25, 0.3) is 0 Å². The van der Waals surface area contributed by atoms with Crippen molar-refractivity contribution in [3.63, 3.8) is 0 Å². The molecular weight excluding hydrogens is 280 g/mol. The van der Waals surface area contributed by atoms with Crippen molar-refractivity contribution in [3.05, 3.63) is 35.9 Å². The van der Waals surface area contributed by atoms with Crippen LogP contribution in [0.1, 0.15) is 44.7 Å². The number of carbonyl (C=O) groups is 1. The van der Waals surface area contributed by atoms with Crippen LogP contribution in [0, 0.1) is 5.92 Å².